The summed E-state index contributed by atoms with van der Waals surface area (Å²) in [7, 11) is 0. The number of ether oxygens (including phenoxy) is 1. The summed E-state index contributed by atoms with van der Waals surface area (Å²) in [6.45, 7) is 9.77. The third-order valence-electron chi connectivity index (χ3n) is 4.88. The zero-order chi connectivity index (χ0) is 16.4. The lowest BCUT2D eigenvalue weighted by molar-refractivity contribution is 0.0992. The van der Waals surface area contributed by atoms with E-state index in [0.29, 0.717) is 24.8 Å². The lowest BCUT2D eigenvalue weighted by Crippen LogP contribution is -2.47. The maximum Gasteiger partial charge on any atom is 0.191 e. The minimum atomic E-state index is 0.285. The topological polar surface area (TPSA) is 71.7 Å². The second-order valence-electron chi connectivity index (χ2n) is 6.72. The van der Waals surface area contributed by atoms with Crippen molar-refractivity contribution in [2.24, 2.45) is 4.99 Å². The second-order valence-corrected chi connectivity index (χ2v) is 6.72. The molecule has 128 valence electrons. The lowest BCUT2D eigenvalue weighted by Gasteiger charge is -2.23. The van der Waals surface area contributed by atoms with Crippen LogP contribution < -0.4 is 10.6 Å². The average molecular weight is 320 g/mol. The third kappa shape index (κ3) is 3.52. The van der Waals surface area contributed by atoms with Crippen LogP contribution in [0.5, 0.6) is 0 Å². The lowest BCUT2D eigenvalue weighted by atomic mass is 9.96. The minimum Gasteiger partial charge on any atom is -0.373 e. The van der Waals surface area contributed by atoms with Gasteiger partial charge in [-0.2, -0.15) is 0 Å². The maximum absolute atomic E-state index is 5.91. The summed E-state index contributed by atoms with van der Waals surface area (Å²) in [4.78, 5) is 4.77. The van der Waals surface area contributed by atoms with Crippen molar-refractivity contribution in [1.82, 2.24) is 15.8 Å². The first-order valence-electron chi connectivity index (χ1n) is 8.71. The third-order valence-corrected chi connectivity index (χ3v) is 4.88. The molecular weight excluding hydrogens is 292 g/mol. The first kappa shape index (κ1) is 16.3. The fourth-order valence-electron chi connectivity index (χ4n) is 3.80. The van der Waals surface area contributed by atoms with E-state index < -0.39 is 0 Å². The highest BCUT2D eigenvalue weighted by Gasteiger charge is 2.41. The number of nitrogens with zero attached hydrogens (tertiary/aromatic N) is 2. The summed E-state index contributed by atoms with van der Waals surface area (Å²) in [5.41, 5.74) is 2.14. The van der Waals surface area contributed by atoms with E-state index in [2.05, 4.69) is 29.6 Å². The number of hydrogen-bond acceptors (Lipinski definition) is 4. The monoisotopic (exact) mass is 320 g/mol. The smallest absolute Gasteiger partial charge is 0.191 e. The largest absolute Gasteiger partial charge is 0.373 e. The molecule has 0 saturated carbocycles. The molecule has 2 aliphatic heterocycles. The van der Waals surface area contributed by atoms with E-state index in [1.54, 1.807) is 0 Å². The van der Waals surface area contributed by atoms with Gasteiger partial charge in [0.05, 0.1) is 23.9 Å². The van der Waals surface area contributed by atoms with E-state index in [-0.39, 0.29) is 5.92 Å². The number of nitrogens with one attached hydrogen (secondary N) is 2. The van der Waals surface area contributed by atoms with Crippen LogP contribution in [0.2, 0.25) is 0 Å². The van der Waals surface area contributed by atoms with Crippen molar-refractivity contribution in [3.05, 3.63) is 17.0 Å². The van der Waals surface area contributed by atoms with E-state index in [9.17, 15) is 0 Å². The Morgan fingerprint density at radius 2 is 2.22 bits per heavy atom. The molecule has 3 rings (SSSR count). The molecule has 2 fully saturated rings. The second kappa shape index (κ2) is 6.91. The highest BCUT2D eigenvalue weighted by Crippen LogP contribution is 2.34. The molecule has 6 nitrogen and oxygen atoms in total. The van der Waals surface area contributed by atoms with Crippen molar-refractivity contribution in [3.8, 4) is 0 Å². The predicted octanol–water partition coefficient (Wildman–Crippen LogP) is 2.27. The molecule has 4 atom stereocenters. The number of rotatable bonds is 5. The van der Waals surface area contributed by atoms with E-state index >= 15 is 0 Å². The van der Waals surface area contributed by atoms with Crippen LogP contribution in [0, 0.1) is 13.8 Å². The van der Waals surface area contributed by atoms with Gasteiger partial charge in [-0.3, -0.25) is 4.99 Å². The van der Waals surface area contributed by atoms with Gasteiger partial charge < -0.3 is 19.9 Å². The van der Waals surface area contributed by atoms with Gasteiger partial charge in [-0.15, -0.1) is 0 Å². The molecule has 4 unspecified atom stereocenters. The van der Waals surface area contributed by atoms with Crippen molar-refractivity contribution in [2.75, 3.05) is 13.1 Å². The Labute approximate surface area is 138 Å². The van der Waals surface area contributed by atoms with Gasteiger partial charge in [-0.05, 0) is 40.0 Å². The number of aromatic nitrogens is 1. The van der Waals surface area contributed by atoms with Crippen LogP contribution in [-0.4, -0.2) is 42.5 Å². The summed E-state index contributed by atoms with van der Waals surface area (Å²) < 4.78 is 11.2. The highest BCUT2D eigenvalue weighted by atomic mass is 16.5. The Morgan fingerprint density at radius 3 is 2.78 bits per heavy atom. The van der Waals surface area contributed by atoms with Crippen molar-refractivity contribution >= 4 is 5.96 Å². The molecular formula is C17H28N4O2. The van der Waals surface area contributed by atoms with Crippen LogP contribution >= 0.6 is 0 Å². The number of aryl methyl sites for hydroxylation is 2. The Hall–Kier alpha value is -1.56. The number of guanidine groups is 1. The molecule has 2 bridgehead atoms. The van der Waals surface area contributed by atoms with Crippen molar-refractivity contribution in [3.63, 3.8) is 0 Å². The summed E-state index contributed by atoms with van der Waals surface area (Å²) in [5.74, 6) is 2.06. The standard InChI is InChI=1S/C17H28N4O2/c1-5-18-17(20-14-8-13-6-7-15(14)22-13)19-9-10(2)16-11(3)21-23-12(16)4/h10,13-15H,5-9H2,1-4H3,(H2,18,19,20). The summed E-state index contributed by atoms with van der Waals surface area (Å²) >= 11 is 0. The molecule has 23 heavy (non-hydrogen) atoms. The molecule has 0 spiro atoms. The summed E-state index contributed by atoms with van der Waals surface area (Å²) in [6, 6.07) is 0.390. The van der Waals surface area contributed by atoms with E-state index in [0.717, 1.165) is 36.8 Å². The van der Waals surface area contributed by atoms with Crippen LogP contribution in [0.15, 0.2) is 9.52 Å². The van der Waals surface area contributed by atoms with Gasteiger partial charge in [0.1, 0.15) is 5.76 Å². The molecule has 0 aromatic carbocycles. The molecule has 2 aliphatic rings. The molecule has 2 saturated heterocycles. The summed E-state index contributed by atoms with van der Waals surface area (Å²) in [6.07, 6.45) is 4.26. The zero-order valence-electron chi connectivity index (χ0n) is 14.6. The fourth-order valence-corrected chi connectivity index (χ4v) is 3.80. The Bertz CT molecular complexity index is 549. The van der Waals surface area contributed by atoms with Crippen LogP contribution in [0.4, 0.5) is 0 Å². The van der Waals surface area contributed by atoms with Crippen LogP contribution in [-0.2, 0) is 4.74 Å². The molecule has 0 aliphatic carbocycles. The van der Waals surface area contributed by atoms with Gasteiger partial charge >= 0.3 is 0 Å². The first-order valence-corrected chi connectivity index (χ1v) is 8.71. The molecule has 0 radical (unpaired) electrons. The number of hydrogen-bond donors (Lipinski definition) is 2. The van der Waals surface area contributed by atoms with E-state index in [1.165, 1.54) is 12.0 Å². The zero-order valence-corrected chi connectivity index (χ0v) is 14.6. The van der Waals surface area contributed by atoms with Crippen molar-refractivity contribution < 1.29 is 9.26 Å². The highest BCUT2D eigenvalue weighted by molar-refractivity contribution is 5.80. The van der Waals surface area contributed by atoms with Gasteiger partial charge in [0.15, 0.2) is 5.96 Å². The Kier molecular flexibility index (Phi) is 4.90. The average Bonchev–Trinajstić information content (AvgIpc) is 3.21. The molecule has 1 aromatic heterocycles. The molecule has 0 amide bonds. The van der Waals surface area contributed by atoms with Crippen LogP contribution in [0.25, 0.3) is 0 Å². The quantitative estimate of drug-likeness (QED) is 0.643. The van der Waals surface area contributed by atoms with Crippen LogP contribution in [0.3, 0.4) is 0 Å². The van der Waals surface area contributed by atoms with Gasteiger partial charge in [-0.25, -0.2) is 0 Å². The van der Waals surface area contributed by atoms with Gasteiger partial charge in [0.25, 0.3) is 0 Å². The summed E-state index contributed by atoms with van der Waals surface area (Å²) in [5, 5.41) is 10.9. The van der Waals surface area contributed by atoms with E-state index in [1.807, 2.05) is 13.8 Å². The van der Waals surface area contributed by atoms with Crippen molar-refractivity contribution in [2.45, 2.75) is 71.1 Å². The minimum absolute atomic E-state index is 0.285. The first-order chi connectivity index (χ1) is 11.1. The molecule has 1 aromatic rings. The number of aliphatic imine (C=N–C) groups is 1. The van der Waals surface area contributed by atoms with Gasteiger partial charge in [-0.1, -0.05) is 12.1 Å². The van der Waals surface area contributed by atoms with Crippen LogP contribution in [0.1, 0.15) is 56.0 Å². The van der Waals surface area contributed by atoms with Crippen molar-refractivity contribution in [1.29, 1.82) is 0 Å². The Morgan fingerprint density at radius 1 is 1.39 bits per heavy atom. The SMILES string of the molecule is CCNC(=NCC(C)c1c(C)noc1C)NC1CC2CCC1O2. The molecule has 3 heterocycles. The Balaban J connectivity index is 1.62. The normalized spacial score (nSPS) is 28.2. The number of fused-ring (bicyclic) bond motifs is 2. The molecule has 6 heteroatoms. The molecule has 2 N–H and O–H groups in total. The van der Waals surface area contributed by atoms with Gasteiger partial charge in [0.2, 0.25) is 0 Å². The fraction of sp³-hybridized carbons (Fsp3) is 0.765. The van der Waals surface area contributed by atoms with Gasteiger partial charge in [0, 0.05) is 24.6 Å². The maximum atomic E-state index is 5.91. The predicted molar refractivity (Wildman–Crippen MR) is 89.8 cm³/mol. The van der Waals surface area contributed by atoms with E-state index in [4.69, 9.17) is 14.3 Å².